The van der Waals surface area contributed by atoms with Crippen molar-refractivity contribution >= 4 is 33.2 Å². The number of benzene rings is 1. The second kappa shape index (κ2) is 5.63. The fourth-order valence-corrected chi connectivity index (χ4v) is 2.08. The Kier molecular flexibility index (Phi) is 4.14. The van der Waals surface area contributed by atoms with Crippen LogP contribution in [0.1, 0.15) is 5.69 Å². The van der Waals surface area contributed by atoms with Crippen LogP contribution in [-0.2, 0) is 6.54 Å². The number of pyridine rings is 1. The highest BCUT2D eigenvalue weighted by molar-refractivity contribution is 9.10. The molecule has 0 fully saturated rings. The van der Waals surface area contributed by atoms with Crippen LogP contribution < -0.4 is 5.32 Å². The van der Waals surface area contributed by atoms with Crippen LogP contribution in [0.25, 0.3) is 0 Å². The largest absolute Gasteiger partial charge is 0.376 e. The third kappa shape index (κ3) is 3.17. The first kappa shape index (κ1) is 13.2. The van der Waals surface area contributed by atoms with Crippen molar-refractivity contribution in [2.45, 2.75) is 6.54 Å². The number of hydrogen-bond donors (Lipinski definition) is 1. The van der Waals surface area contributed by atoms with E-state index in [1.54, 1.807) is 12.1 Å². The third-order valence-electron chi connectivity index (χ3n) is 2.23. The summed E-state index contributed by atoms with van der Waals surface area (Å²) in [6, 6.07) is 7.22. The Morgan fingerprint density at radius 3 is 2.72 bits per heavy atom. The Labute approximate surface area is 116 Å². The molecule has 94 valence electrons. The molecule has 0 spiro atoms. The predicted octanol–water partition coefficient (Wildman–Crippen LogP) is 4.39. The fourth-order valence-electron chi connectivity index (χ4n) is 1.44. The Balaban J connectivity index is 2.16. The lowest BCUT2D eigenvalue weighted by Crippen LogP contribution is -2.04. The van der Waals surface area contributed by atoms with Gasteiger partial charge in [-0.15, -0.1) is 0 Å². The van der Waals surface area contributed by atoms with Crippen LogP contribution in [0.3, 0.4) is 0 Å². The third-order valence-corrected chi connectivity index (χ3v) is 2.97. The maximum Gasteiger partial charge on any atom is 0.150 e. The molecule has 0 aliphatic rings. The van der Waals surface area contributed by atoms with Crippen LogP contribution in [0.5, 0.6) is 0 Å². The van der Waals surface area contributed by atoms with Crippen molar-refractivity contribution in [3.05, 3.63) is 57.3 Å². The molecule has 2 nitrogen and oxygen atoms in total. The zero-order valence-corrected chi connectivity index (χ0v) is 11.4. The summed E-state index contributed by atoms with van der Waals surface area (Å²) in [6.07, 6.45) is 0. The van der Waals surface area contributed by atoms with E-state index < -0.39 is 11.6 Å². The molecule has 0 bridgehead atoms. The molecule has 1 aromatic carbocycles. The molecule has 0 saturated heterocycles. The van der Waals surface area contributed by atoms with Crippen LogP contribution in [0.15, 0.2) is 34.9 Å². The lowest BCUT2D eigenvalue weighted by molar-refractivity contribution is 0.585. The first-order valence-electron chi connectivity index (χ1n) is 5.06. The molecule has 0 aliphatic carbocycles. The summed E-state index contributed by atoms with van der Waals surface area (Å²) in [4.78, 5) is 4.18. The van der Waals surface area contributed by atoms with Crippen molar-refractivity contribution in [3.8, 4) is 0 Å². The molecular formula is C12H8BrClF2N2. The van der Waals surface area contributed by atoms with E-state index in [1.807, 2.05) is 6.07 Å². The van der Waals surface area contributed by atoms with Gasteiger partial charge in [-0.3, -0.25) is 0 Å². The van der Waals surface area contributed by atoms with Gasteiger partial charge in [-0.2, -0.15) is 0 Å². The molecular weight excluding hydrogens is 325 g/mol. The van der Waals surface area contributed by atoms with Gasteiger partial charge in [0.25, 0.3) is 0 Å². The minimum Gasteiger partial charge on any atom is -0.376 e. The maximum atomic E-state index is 13.5. The molecule has 0 unspecified atom stereocenters. The van der Waals surface area contributed by atoms with Gasteiger partial charge in [0, 0.05) is 6.07 Å². The molecule has 1 heterocycles. The van der Waals surface area contributed by atoms with Gasteiger partial charge >= 0.3 is 0 Å². The van der Waals surface area contributed by atoms with Crippen LogP contribution >= 0.6 is 27.5 Å². The maximum absolute atomic E-state index is 13.5. The Hall–Kier alpha value is -1.20. The van der Waals surface area contributed by atoms with Crippen molar-refractivity contribution in [1.82, 2.24) is 4.98 Å². The highest BCUT2D eigenvalue weighted by Crippen LogP contribution is 2.26. The van der Waals surface area contributed by atoms with Gasteiger partial charge in [0.05, 0.1) is 22.9 Å². The van der Waals surface area contributed by atoms with Gasteiger partial charge in [0.15, 0.2) is 5.82 Å². The standard InChI is InChI=1S/C12H8BrClF2N2/c13-11-3-1-2-8(18-11)6-17-12-9(14)4-7(15)5-10(12)16/h1-5,17H,6H2. The smallest absolute Gasteiger partial charge is 0.150 e. The average Bonchev–Trinajstić information content (AvgIpc) is 2.27. The zero-order chi connectivity index (χ0) is 13.1. The summed E-state index contributed by atoms with van der Waals surface area (Å²) < 4.78 is 27.0. The minimum atomic E-state index is -0.727. The van der Waals surface area contributed by atoms with Gasteiger partial charge < -0.3 is 5.32 Å². The Morgan fingerprint density at radius 2 is 2.06 bits per heavy atom. The molecule has 0 aliphatic heterocycles. The Bertz CT molecular complexity index is 555. The minimum absolute atomic E-state index is 0.00231. The van der Waals surface area contributed by atoms with E-state index in [4.69, 9.17) is 11.6 Å². The molecule has 2 aromatic rings. The normalized spacial score (nSPS) is 10.4. The highest BCUT2D eigenvalue weighted by Gasteiger charge is 2.09. The van der Waals surface area contributed by atoms with E-state index in [0.29, 0.717) is 16.8 Å². The SMILES string of the molecule is Fc1cc(F)c(NCc2cccc(Br)n2)c(Cl)c1. The summed E-state index contributed by atoms with van der Waals surface area (Å²) in [5.41, 5.74) is 0.781. The molecule has 6 heteroatoms. The van der Waals surface area contributed by atoms with E-state index in [1.165, 1.54) is 0 Å². The van der Waals surface area contributed by atoms with Crippen molar-refractivity contribution in [2.24, 2.45) is 0 Å². The number of aromatic nitrogens is 1. The monoisotopic (exact) mass is 332 g/mol. The van der Waals surface area contributed by atoms with Crippen molar-refractivity contribution in [1.29, 1.82) is 0 Å². The van der Waals surface area contributed by atoms with E-state index in [2.05, 4.69) is 26.2 Å². The van der Waals surface area contributed by atoms with E-state index in [-0.39, 0.29) is 10.7 Å². The van der Waals surface area contributed by atoms with Gasteiger partial charge in [0.2, 0.25) is 0 Å². The molecule has 18 heavy (non-hydrogen) atoms. The first-order valence-corrected chi connectivity index (χ1v) is 6.23. The van der Waals surface area contributed by atoms with Crippen LogP contribution in [0.4, 0.5) is 14.5 Å². The zero-order valence-electron chi connectivity index (χ0n) is 9.05. The molecule has 2 rings (SSSR count). The molecule has 1 N–H and O–H groups in total. The summed E-state index contributed by atoms with van der Waals surface area (Å²) in [6.45, 7) is 0.293. The summed E-state index contributed by atoms with van der Waals surface area (Å²) >= 11 is 9.00. The van der Waals surface area contributed by atoms with Crippen LogP contribution in [0, 0.1) is 11.6 Å². The number of rotatable bonds is 3. The van der Waals surface area contributed by atoms with E-state index in [9.17, 15) is 8.78 Å². The molecule has 0 radical (unpaired) electrons. The van der Waals surface area contributed by atoms with Gasteiger partial charge in [-0.1, -0.05) is 17.7 Å². The predicted molar refractivity (Wildman–Crippen MR) is 70.6 cm³/mol. The molecule has 0 amide bonds. The van der Waals surface area contributed by atoms with Gasteiger partial charge in [-0.05, 0) is 34.1 Å². The molecule has 0 atom stereocenters. The molecule has 0 saturated carbocycles. The van der Waals surface area contributed by atoms with Crippen LogP contribution in [-0.4, -0.2) is 4.98 Å². The van der Waals surface area contributed by atoms with E-state index >= 15 is 0 Å². The van der Waals surface area contributed by atoms with E-state index in [0.717, 1.165) is 12.1 Å². The lowest BCUT2D eigenvalue weighted by atomic mass is 10.2. The number of nitrogens with zero attached hydrogens (tertiary/aromatic N) is 1. The number of anilines is 1. The molecule has 1 aromatic heterocycles. The lowest BCUT2D eigenvalue weighted by Gasteiger charge is -2.09. The second-order valence-corrected chi connectivity index (χ2v) is 4.77. The van der Waals surface area contributed by atoms with Gasteiger partial charge in [-0.25, -0.2) is 13.8 Å². The first-order chi connectivity index (χ1) is 8.56. The summed E-state index contributed by atoms with van der Waals surface area (Å²) in [5, 5.41) is 2.80. The van der Waals surface area contributed by atoms with Gasteiger partial charge in [0.1, 0.15) is 10.4 Å². The summed E-state index contributed by atoms with van der Waals surface area (Å²) in [5.74, 6) is -1.43. The quantitative estimate of drug-likeness (QED) is 0.843. The number of nitrogens with one attached hydrogen (secondary N) is 1. The summed E-state index contributed by atoms with van der Waals surface area (Å²) in [7, 11) is 0. The van der Waals surface area contributed by atoms with Crippen molar-refractivity contribution in [3.63, 3.8) is 0 Å². The average molecular weight is 334 g/mol. The van der Waals surface area contributed by atoms with Crippen molar-refractivity contribution < 1.29 is 8.78 Å². The number of hydrogen-bond acceptors (Lipinski definition) is 2. The topological polar surface area (TPSA) is 24.9 Å². The van der Waals surface area contributed by atoms with Crippen LogP contribution in [0.2, 0.25) is 5.02 Å². The number of halogens is 4. The fraction of sp³-hybridized carbons (Fsp3) is 0.0833. The Morgan fingerprint density at radius 1 is 1.28 bits per heavy atom. The highest BCUT2D eigenvalue weighted by atomic mass is 79.9. The second-order valence-electron chi connectivity index (χ2n) is 3.55. The van der Waals surface area contributed by atoms with Crippen molar-refractivity contribution in [2.75, 3.05) is 5.32 Å².